The van der Waals surface area contributed by atoms with E-state index in [1.807, 2.05) is 17.8 Å². The van der Waals surface area contributed by atoms with Gasteiger partial charge in [-0.1, -0.05) is 30.4 Å². The van der Waals surface area contributed by atoms with Crippen molar-refractivity contribution in [3.8, 4) is 0 Å². The van der Waals surface area contributed by atoms with Crippen LogP contribution in [0.2, 0.25) is 0 Å². The number of Topliss-reactive ketones (excluding diaryl/α,β-unsaturated/α-hetero) is 2. The molecule has 0 radical (unpaired) electrons. The van der Waals surface area contributed by atoms with Gasteiger partial charge in [-0.3, -0.25) is 9.59 Å². The van der Waals surface area contributed by atoms with E-state index in [2.05, 4.69) is 36.4 Å². The summed E-state index contributed by atoms with van der Waals surface area (Å²) >= 11 is 1.84. The first kappa shape index (κ1) is 13.8. The van der Waals surface area contributed by atoms with Gasteiger partial charge in [0, 0.05) is 33.8 Å². The number of carbonyl (C=O) groups excluding carboxylic acids is 2. The molecular weight excluding hydrogens is 340 g/mol. The lowest BCUT2D eigenvalue weighted by Crippen LogP contribution is -2.35. The highest BCUT2D eigenvalue weighted by Gasteiger charge is 2.84. The Kier molecular flexibility index (Phi) is 2.15. The number of hydrogen-bond donors (Lipinski definition) is 0. The first-order valence-electron chi connectivity index (χ1n) is 10.2. The van der Waals surface area contributed by atoms with Crippen molar-refractivity contribution in [1.82, 2.24) is 0 Å². The van der Waals surface area contributed by atoms with E-state index in [-0.39, 0.29) is 17.1 Å². The van der Waals surface area contributed by atoms with Crippen LogP contribution in [0, 0.1) is 71.0 Å². The van der Waals surface area contributed by atoms with E-state index in [1.165, 1.54) is 4.90 Å². The van der Waals surface area contributed by atoms with Crippen LogP contribution in [0.3, 0.4) is 0 Å². The second-order valence-corrected chi connectivity index (χ2v) is 11.1. The smallest absolute Gasteiger partial charge is 0.141 e. The topological polar surface area (TPSA) is 34.1 Å². The number of ketones is 2. The van der Waals surface area contributed by atoms with Gasteiger partial charge in [-0.15, -0.1) is 11.8 Å². The Morgan fingerprint density at radius 3 is 1.73 bits per heavy atom. The third-order valence-electron chi connectivity index (χ3n) is 9.64. The van der Waals surface area contributed by atoms with E-state index in [0.717, 1.165) is 0 Å². The molecular formula is C23H20O2S. The molecule has 3 heteroatoms. The molecule has 7 aliphatic carbocycles. The Labute approximate surface area is 156 Å². The van der Waals surface area contributed by atoms with Crippen molar-refractivity contribution in [3.05, 3.63) is 42.5 Å². The average Bonchev–Trinajstić information content (AvgIpc) is 3.40. The Hall–Kier alpha value is -1.35. The lowest BCUT2D eigenvalue weighted by molar-refractivity contribution is -0.127. The van der Waals surface area contributed by atoms with Gasteiger partial charge in [0.2, 0.25) is 0 Å². The summed E-state index contributed by atoms with van der Waals surface area (Å²) in [5.41, 5.74) is 0. The summed E-state index contributed by atoms with van der Waals surface area (Å²) in [5.74, 6) is 6.51. The maximum absolute atomic E-state index is 13.6. The minimum absolute atomic E-state index is 0.147. The molecule has 130 valence electrons. The van der Waals surface area contributed by atoms with Crippen LogP contribution in [-0.4, -0.2) is 16.8 Å². The highest BCUT2D eigenvalue weighted by atomic mass is 32.2. The third kappa shape index (κ3) is 1.16. The molecule has 0 aromatic heterocycles. The molecule has 6 fully saturated rings. The van der Waals surface area contributed by atoms with E-state index >= 15 is 0 Å². The maximum Gasteiger partial charge on any atom is 0.141 e. The molecule has 6 saturated carbocycles. The summed E-state index contributed by atoms with van der Waals surface area (Å²) < 4.78 is 0. The molecule has 8 rings (SSSR count). The van der Waals surface area contributed by atoms with Crippen molar-refractivity contribution in [2.45, 2.75) is 10.1 Å². The number of hydrogen-bond acceptors (Lipinski definition) is 3. The van der Waals surface area contributed by atoms with Crippen LogP contribution < -0.4 is 0 Å². The minimum atomic E-state index is 0.147. The number of rotatable bonds is 2. The standard InChI is InChI=1S/C23H20O2S/c24-21-12-9-6-7-10-11(9)14-15(12)17-18-16(14)13(10)22(25)20(18)23(19(17)21)26-8-4-2-1-3-5-8/h1-7,9-20,23H/t9-,10-,11?,12-,13+,14?,15-,16-,17-,18-,19-,20+,23?/m0/s1. The Morgan fingerprint density at radius 2 is 1.15 bits per heavy atom. The van der Waals surface area contributed by atoms with Gasteiger partial charge in [-0.25, -0.2) is 0 Å². The van der Waals surface area contributed by atoms with E-state index in [1.54, 1.807) is 0 Å². The van der Waals surface area contributed by atoms with Crippen molar-refractivity contribution < 1.29 is 9.59 Å². The van der Waals surface area contributed by atoms with Gasteiger partial charge in [-0.05, 0) is 59.5 Å². The fourth-order valence-electron chi connectivity index (χ4n) is 9.60. The molecule has 0 saturated heterocycles. The summed E-state index contributed by atoms with van der Waals surface area (Å²) in [6.45, 7) is 0. The van der Waals surface area contributed by atoms with Crippen LogP contribution in [0.15, 0.2) is 47.4 Å². The SMILES string of the molecule is O=C1[C@H]2[C@H]3C4C5[C@H](C=C[C@@H]52)[C@@H]2C(=O)[C@H]5C(Sc6ccccc6)[C@@H]1[C@@H]3[C@@H]5[C@H]42. The van der Waals surface area contributed by atoms with Crippen LogP contribution in [0.1, 0.15) is 0 Å². The zero-order chi connectivity index (χ0) is 16.9. The van der Waals surface area contributed by atoms with Crippen molar-refractivity contribution in [3.63, 3.8) is 0 Å². The van der Waals surface area contributed by atoms with E-state index < -0.39 is 0 Å². The van der Waals surface area contributed by atoms with Crippen LogP contribution in [0.5, 0.6) is 0 Å². The average molecular weight is 360 g/mol. The molecule has 0 amide bonds. The summed E-state index contributed by atoms with van der Waals surface area (Å²) in [4.78, 5) is 28.4. The number of fused-ring (bicyclic) bond motifs is 2. The van der Waals surface area contributed by atoms with Gasteiger partial charge < -0.3 is 0 Å². The second-order valence-electron chi connectivity index (χ2n) is 9.81. The highest BCUT2D eigenvalue weighted by molar-refractivity contribution is 8.00. The molecule has 7 aliphatic rings. The van der Waals surface area contributed by atoms with Crippen LogP contribution in [0.25, 0.3) is 0 Å². The lowest BCUT2D eigenvalue weighted by atomic mass is 9.79. The Morgan fingerprint density at radius 1 is 0.615 bits per heavy atom. The lowest BCUT2D eigenvalue weighted by Gasteiger charge is -2.28. The van der Waals surface area contributed by atoms with Crippen LogP contribution in [-0.2, 0) is 9.59 Å². The van der Waals surface area contributed by atoms with Crippen LogP contribution >= 0.6 is 11.8 Å². The van der Waals surface area contributed by atoms with Crippen molar-refractivity contribution in [2.24, 2.45) is 71.0 Å². The fourth-order valence-corrected chi connectivity index (χ4v) is 11.1. The summed E-state index contributed by atoms with van der Waals surface area (Å²) in [7, 11) is 0. The monoisotopic (exact) mass is 360 g/mol. The van der Waals surface area contributed by atoms with Crippen molar-refractivity contribution in [1.29, 1.82) is 0 Å². The van der Waals surface area contributed by atoms with Gasteiger partial charge >= 0.3 is 0 Å². The number of carbonyl (C=O) groups is 2. The molecule has 26 heavy (non-hydrogen) atoms. The molecule has 3 unspecified atom stereocenters. The number of thioether (sulfide) groups is 1. The molecule has 1 aromatic carbocycles. The number of benzene rings is 1. The van der Waals surface area contributed by atoms with Crippen molar-refractivity contribution in [2.75, 3.05) is 0 Å². The van der Waals surface area contributed by atoms with Gasteiger partial charge in [-0.2, -0.15) is 0 Å². The zero-order valence-electron chi connectivity index (χ0n) is 14.3. The van der Waals surface area contributed by atoms with E-state index in [9.17, 15) is 9.59 Å². The summed E-state index contributed by atoms with van der Waals surface area (Å²) in [5, 5.41) is 0.197. The van der Waals surface area contributed by atoms with E-state index in [4.69, 9.17) is 0 Å². The third-order valence-corrected chi connectivity index (χ3v) is 11.0. The minimum Gasteiger partial charge on any atom is -0.299 e. The van der Waals surface area contributed by atoms with Crippen molar-refractivity contribution >= 4 is 23.3 Å². The Bertz CT molecular complexity index is 869. The predicted octanol–water partition coefficient (Wildman–Crippen LogP) is 3.33. The van der Waals surface area contributed by atoms with Gasteiger partial charge in [0.25, 0.3) is 0 Å². The van der Waals surface area contributed by atoms with Gasteiger partial charge in [0.05, 0.1) is 0 Å². The molecule has 0 N–H and O–H groups in total. The second kappa shape index (κ2) is 4.06. The maximum atomic E-state index is 13.6. The molecule has 13 atom stereocenters. The molecule has 2 nitrogen and oxygen atoms in total. The number of allylic oxidation sites excluding steroid dienone is 2. The highest BCUT2D eigenvalue weighted by Crippen LogP contribution is 2.83. The molecule has 1 aromatic rings. The molecule has 0 heterocycles. The normalized spacial score (nSPS) is 60.8. The first-order chi connectivity index (χ1) is 12.8. The Balaban J connectivity index is 1.33. The summed E-state index contributed by atoms with van der Waals surface area (Å²) in [6, 6.07) is 10.5. The van der Waals surface area contributed by atoms with E-state index in [0.29, 0.717) is 70.7 Å². The summed E-state index contributed by atoms with van der Waals surface area (Å²) in [6.07, 6.45) is 4.71. The predicted molar refractivity (Wildman–Crippen MR) is 97.1 cm³/mol. The van der Waals surface area contributed by atoms with Gasteiger partial charge in [0.15, 0.2) is 0 Å². The fraction of sp³-hybridized carbons (Fsp3) is 0.565. The quantitative estimate of drug-likeness (QED) is 0.759. The zero-order valence-corrected chi connectivity index (χ0v) is 15.1. The first-order valence-corrected chi connectivity index (χ1v) is 11.1. The molecule has 0 bridgehead atoms. The van der Waals surface area contributed by atoms with Crippen LogP contribution in [0.4, 0.5) is 0 Å². The largest absolute Gasteiger partial charge is 0.299 e. The molecule has 0 aliphatic heterocycles. The van der Waals surface area contributed by atoms with Gasteiger partial charge in [0.1, 0.15) is 11.6 Å². The molecule has 0 spiro atoms.